The Labute approximate surface area is 205 Å². The third-order valence-corrected chi connectivity index (χ3v) is 6.30. The zero-order valence-electron chi connectivity index (χ0n) is 18.8. The Hall–Kier alpha value is -4.59. The third-order valence-electron chi connectivity index (χ3n) is 5.21. The zero-order chi connectivity index (χ0) is 24.6. The van der Waals surface area contributed by atoms with Gasteiger partial charge in [-0.1, -0.05) is 59.7 Å². The van der Waals surface area contributed by atoms with Crippen molar-refractivity contribution in [3.05, 3.63) is 101 Å². The lowest BCUT2D eigenvalue weighted by atomic mass is 10.1. The predicted octanol–water partition coefficient (Wildman–Crippen LogP) is 7.55. The fraction of sp³-hybridized carbons (Fsp3) is 0.0769. The minimum Gasteiger partial charge on any atom is -0.465 e. The van der Waals surface area contributed by atoms with Crippen LogP contribution in [0.25, 0.3) is 42.0 Å². The molecule has 0 saturated carbocycles. The summed E-state index contributed by atoms with van der Waals surface area (Å²) >= 11 is 1.74. The van der Waals surface area contributed by atoms with Crippen molar-refractivity contribution < 1.29 is 9.90 Å². The number of nitrogens with one attached hydrogen (secondary N) is 2. The van der Waals surface area contributed by atoms with E-state index in [4.69, 9.17) is 15.6 Å². The van der Waals surface area contributed by atoms with Gasteiger partial charge in [-0.15, -0.1) is 11.3 Å². The predicted molar refractivity (Wildman–Crippen MR) is 142 cm³/mol. The van der Waals surface area contributed by atoms with Crippen molar-refractivity contribution in [2.45, 2.75) is 6.54 Å². The molecule has 4 aromatic carbocycles. The molecule has 0 fully saturated rings. The molecule has 5 aromatic rings. The van der Waals surface area contributed by atoms with E-state index in [1.54, 1.807) is 35.6 Å². The van der Waals surface area contributed by atoms with Crippen molar-refractivity contribution in [3.8, 4) is 10.6 Å². The van der Waals surface area contributed by atoms with Crippen LogP contribution < -0.4 is 10.6 Å². The van der Waals surface area contributed by atoms with E-state index in [1.807, 2.05) is 13.1 Å². The fourth-order valence-electron chi connectivity index (χ4n) is 3.44. The smallest absolute Gasteiger partial charge is 0.404 e. The highest BCUT2D eigenvalue weighted by atomic mass is 32.1. The summed E-state index contributed by atoms with van der Waals surface area (Å²) in [6.45, 7) is 0.242. The Balaban J connectivity index is 0.000000181. The van der Waals surface area contributed by atoms with Gasteiger partial charge in [-0.3, -0.25) is 0 Å². The molecule has 174 valence electrons. The summed E-state index contributed by atoms with van der Waals surface area (Å²) in [7, 11) is 1.94. The van der Waals surface area contributed by atoms with Crippen molar-refractivity contribution in [3.63, 3.8) is 0 Å². The van der Waals surface area contributed by atoms with E-state index in [0.29, 0.717) is 5.69 Å². The van der Waals surface area contributed by atoms with Crippen LogP contribution in [0.3, 0.4) is 0 Å². The highest BCUT2D eigenvalue weighted by Gasteiger charge is 2.06. The van der Waals surface area contributed by atoms with E-state index in [0.717, 1.165) is 21.8 Å². The molecule has 0 unspecified atom stereocenters. The number of carboxylic acid groups (broad SMARTS) is 1. The van der Waals surface area contributed by atoms with Crippen molar-refractivity contribution in [1.82, 2.24) is 10.3 Å². The quantitative estimate of drug-likeness (QED) is 0.136. The molecule has 35 heavy (non-hydrogen) atoms. The van der Waals surface area contributed by atoms with Gasteiger partial charge in [0.15, 0.2) is 0 Å². The average molecular weight is 483 g/mol. The van der Waals surface area contributed by atoms with Gasteiger partial charge in [0.05, 0.1) is 10.2 Å². The largest absolute Gasteiger partial charge is 0.465 e. The van der Waals surface area contributed by atoms with Gasteiger partial charge < -0.3 is 15.7 Å². The Morgan fingerprint density at radius 3 is 2.49 bits per heavy atom. The number of nitrogens with zero attached hydrogens (tertiary/aromatic N) is 4. The van der Waals surface area contributed by atoms with Gasteiger partial charge in [-0.2, -0.15) is 0 Å². The molecule has 0 bridgehead atoms. The molecule has 1 aromatic heterocycles. The lowest BCUT2D eigenvalue weighted by Gasteiger charge is -2.04. The number of hydrogen-bond donors (Lipinski definition) is 3. The van der Waals surface area contributed by atoms with Crippen LogP contribution in [0, 0.1) is 0 Å². The fourth-order valence-corrected chi connectivity index (χ4v) is 4.40. The van der Waals surface area contributed by atoms with Crippen LogP contribution in [-0.2, 0) is 6.54 Å². The van der Waals surface area contributed by atoms with E-state index in [2.05, 4.69) is 75.3 Å². The molecule has 1 heterocycles. The first-order valence-corrected chi connectivity index (χ1v) is 11.6. The van der Waals surface area contributed by atoms with Gasteiger partial charge in [0.1, 0.15) is 5.01 Å². The van der Waals surface area contributed by atoms with Crippen LogP contribution in [-0.4, -0.2) is 23.2 Å². The number of amides is 1. The highest BCUT2D eigenvalue weighted by Crippen LogP contribution is 2.32. The number of thiazole rings is 1. The Morgan fingerprint density at radius 1 is 1.03 bits per heavy atom. The Bertz CT molecular complexity index is 1490. The number of hydrogen-bond acceptors (Lipinski definition) is 5. The molecular formula is C26H22N6O2S. The summed E-state index contributed by atoms with van der Waals surface area (Å²) in [5.74, 6) is 0. The Morgan fingerprint density at radius 2 is 1.77 bits per heavy atom. The molecule has 0 radical (unpaired) electrons. The normalized spacial score (nSPS) is 10.2. The van der Waals surface area contributed by atoms with Crippen LogP contribution in [0.5, 0.6) is 0 Å². The molecule has 0 aliphatic rings. The molecular weight excluding hydrogens is 460 g/mol. The summed E-state index contributed by atoms with van der Waals surface area (Å²) in [5, 5.41) is 20.7. The molecule has 0 saturated heterocycles. The van der Waals surface area contributed by atoms with E-state index < -0.39 is 6.09 Å². The van der Waals surface area contributed by atoms with Gasteiger partial charge in [-0.25, -0.2) is 9.78 Å². The highest BCUT2D eigenvalue weighted by molar-refractivity contribution is 7.21. The molecule has 0 atom stereocenters. The first-order valence-electron chi connectivity index (χ1n) is 10.7. The van der Waals surface area contributed by atoms with Crippen molar-refractivity contribution in [1.29, 1.82) is 0 Å². The maximum Gasteiger partial charge on any atom is 0.404 e. The molecule has 9 heteroatoms. The SMILES string of the molecule is CNc1ccc2cc(-c3nc4ccccc4s3)ccc2c1.[N-]=[N+]=Nc1ccc(CNC(=O)O)cc1. The summed E-state index contributed by atoms with van der Waals surface area (Å²) < 4.78 is 1.23. The van der Waals surface area contributed by atoms with Gasteiger partial charge in [0.2, 0.25) is 0 Å². The lowest BCUT2D eigenvalue weighted by molar-refractivity contribution is 0.194. The summed E-state index contributed by atoms with van der Waals surface area (Å²) in [6.07, 6.45) is -1.07. The zero-order valence-corrected chi connectivity index (χ0v) is 19.7. The van der Waals surface area contributed by atoms with E-state index >= 15 is 0 Å². The topological polar surface area (TPSA) is 123 Å². The Kier molecular flexibility index (Phi) is 7.42. The van der Waals surface area contributed by atoms with Crippen LogP contribution in [0.4, 0.5) is 16.2 Å². The van der Waals surface area contributed by atoms with Gasteiger partial charge in [0.25, 0.3) is 0 Å². The van der Waals surface area contributed by atoms with Gasteiger partial charge >= 0.3 is 6.09 Å². The minimum absolute atomic E-state index is 0.242. The number of fused-ring (bicyclic) bond motifs is 2. The van der Waals surface area contributed by atoms with Gasteiger partial charge in [-0.05, 0) is 52.2 Å². The number of aromatic nitrogens is 1. The number of rotatable bonds is 5. The van der Waals surface area contributed by atoms with E-state index in [-0.39, 0.29) is 6.54 Å². The molecule has 0 spiro atoms. The molecule has 3 N–H and O–H groups in total. The minimum atomic E-state index is -1.07. The second-order valence-electron chi connectivity index (χ2n) is 7.53. The maximum absolute atomic E-state index is 10.2. The monoisotopic (exact) mass is 482 g/mol. The summed E-state index contributed by atoms with van der Waals surface area (Å²) in [4.78, 5) is 17.5. The van der Waals surface area contributed by atoms with Crippen molar-refractivity contribution in [2.24, 2.45) is 5.11 Å². The van der Waals surface area contributed by atoms with Gasteiger partial charge in [0, 0.05) is 35.4 Å². The summed E-state index contributed by atoms with van der Waals surface area (Å²) in [5.41, 5.74) is 12.8. The first kappa shape index (κ1) is 23.6. The van der Waals surface area contributed by atoms with Crippen LogP contribution in [0.2, 0.25) is 0 Å². The molecule has 0 aliphatic heterocycles. The third kappa shape index (κ3) is 6.05. The number of para-hydroxylation sites is 1. The molecule has 5 rings (SSSR count). The summed E-state index contributed by atoms with van der Waals surface area (Å²) in [6, 6.07) is 27.9. The number of carbonyl (C=O) groups is 1. The number of anilines is 1. The van der Waals surface area contributed by atoms with Crippen LogP contribution in [0.15, 0.2) is 90.0 Å². The molecule has 8 nitrogen and oxygen atoms in total. The standard InChI is InChI=1S/C18H14N2S.C8H8N4O2/c1-19-15-9-8-12-10-14(7-6-13(12)11-15)18-20-16-4-2-3-5-17(16)21-18;9-12-11-7-3-1-6(2-4-7)5-10-8(13)14/h2-11,19H,1H3;1-4,10H,5H2,(H,13,14). The lowest BCUT2D eigenvalue weighted by Crippen LogP contribution is -2.19. The average Bonchev–Trinajstić information content (AvgIpc) is 3.33. The van der Waals surface area contributed by atoms with E-state index in [9.17, 15) is 4.79 Å². The first-order chi connectivity index (χ1) is 17.1. The van der Waals surface area contributed by atoms with Crippen molar-refractivity contribution >= 4 is 49.8 Å². The number of azide groups is 1. The second-order valence-corrected chi connectivity index (χ2v) is 8.56. The molecule has 1 amide bonds. The maximum atomic E-state index is 10.2. The number of benzene rings is 4. The van der Waals surface area contributed by atoms with Crippen LogP contribution in [0.1, 0.15) is 5.56 Å². The second kappa shape index (κ2) is 11.0. The molecule has 0 aliphatic carbocycles. The van der Waals surface area contributed by atoms with E-state index in [1.165, 1.54) is 21.0 Å². The van der Waals surface area contributed by atoms with Crippen molar-refractivity contribution in [2.75, 3.05) is 12.4 Å². The van der Waals surface area contributed by atoms with Crippen LogP contribution >= 0.6 is 11.3 Å².